The number of carbonyl (C=O) groups is 1. The second kappa shape index (κ2) is 7.13. The smallest absolute Gasteiger partial charge is 0.240 e. The van der Waals surface area contributed by atoms with Crippen LogP contribution in [0.1, 0.15) is 47.3 Å². The first-order valence-corrected chi connectivity index (χ1v) is 8.39. The number of likely N-dealkylation sites (N-methyl/N-ethyl adjacent to an activating group) is 1. The third-order valence-electron chi connectivity index (χ3n) is 4.44. The number of benzene rings is 1. The van der Waals surface area contributed by atoms with Crippen molar-refractivity contribution >= 4 is 5.91 Å². The fourth-order valence-corrected chi connectivity index (χ4v) is 3.43. The summed E-state index contributed by atoms with van der Waals surface area (Å²) < 4.78 is 5.32. The van der Waals surface area contributed by atoms with E-state index in [1.807, 2.05) is 0 Å². The Labute approximate surface area is 142 Å². The standard InChI is InChI=1S/C18H24N4O2/c1-12-7-13(2)9-14(8-12)15-5-4-6-22(15)11-18-20-16(21-24-18)10-17(23)19-3/h7-9,15H,4-6,10-11H2,1-3H3,(H,19,23)/t15-/m0/s1. The third-order valence-corrected chi connectivity index (χ3v) is 4.44. The summed E-state index contributed by atoms with van der Waals surface area (Å²) in [6, 6.07) is 7.12. The van der Waals surface area contributed by atoms with Crippen LogP contribution in [-0.2, 0) is 17.8 Å². The molecule has 1 N–H and O–H groups in total. The maximum absolute atomic E-state index is 11.4. The zero-order chi connectivity index (χ0) is 17.1. The molecule has 1 aliphatic rings. The summed E-state index contributed by atoms with van der Waals surface area (Å²) in [6.45, 7) is 5.92. The number of aryl methyl sites for hydroxylation is 2. The summed E-state index contributed by atoms with van der Waals surface area (Å²) in [6.07, 6.45) is 2.46. The molecule has 2 aromatic rings. The van der Waals surface area contributed by atoms with Crippen LogP contribution in [0.5, 0.6) is 0 Å². The van der Waals surface area contributed by atoms with Gasteiger partial charge in [-0.3, -0.25) is 9.69 Å². The number of hydrogen-bond donors (Lipinski definition) is 1. The second-order valence-corrected chi connectivity index (χ2v) is 6.50. The van der Waals surface area contributed by atoms with Gasteiger partial charge in [-0.25, -0.2) is 0 Å². The highest BCUT2D eigenvalue weighted by molar-refractivity contribution is 5.77. The van der Waals surface area contributed by atoms with Gasteiger partial charge < -0.3 is 9.84 Å². The number of amides is 1. The van der Waals surface area contributed by atoms with Crippen LogP contribution in [0.15, 0.2) is 22.7 Å². The van der Waals surface area contributed by atoms with E-state index in [4.69, 9.17) is 4.52 Å². The van der Waals surface area contributed by atoms with E-state index in [0.717, 1.165) is 19.4 Å². The third kappa shape index (κ3) is 3.82. The van der Waals surface area contributed by atoms with E-state index < -0.39 is 0 Å². The minimum Gasteiger partial charge on any atom is -0.359 e. The summed E-state index contributed by atoms with van der Waals surface area (Å²) in [5.41, 5.74) is 3.94. The van der Waals surface area contributed by atoms with Gasteiger partial charge in [-0.1, -0.05) is 34.5 Å². The van der Waals surface area contributed by atoms with Crippen molar-refractivity contribution < 1.29 is 9.32 Å². The summed E-state index contributed by atoms with van der Waals surface area (Å²) in [5, 5.41) is 6.46. The second-order valence-electron chi connectivity index (χ2n) is 6.50. The van der Waals surface area contributed by atoms with E-state index >= 15 is 0 Å². The first kappa shape index (κ1) is 16.6. The normalized spacial score (nSPS) is 18.0. The van der Waals surface area contributed by atoms with Gasteiger partial charge in [-0.05, 0) is 38.8 Å². The molecule has 1 aromatic carbocycles. The van der Waals surface area contributed by atoms with Gasteiger partial charge in [0.15, 0.2) is 5.82 Å². The molecule has 0 aliphatic carbocycles. The fraction of sp³-hybridized carbons (Fsp3) is 0.500. The summed E-state index contributed by atoms with van der Waals surface area (Å²) in [5.74, 6) is 0.897. The van der Waals surface area contributed by atoms with Gasteiger partial charge >= 0.3 is 0 Å². The number of aromatic nitrogens is 2. The molecule has 6 heteroatoms. The van der Waals surface area contributed by atoms with Gasteiger partial charge in [0.1, 0.15) is 0 Å². The summed E-state index contributed by atoms with van der Waals surface area (Å²) in [4.78, 5) is 18.1. The molecule has 0 unspecified atom stereocenters. The quantitative estimate of drug-likeness (QED) is 0.912. The van der Waals surface area contributed by atoms with E-state index in [1.165, 1.54) is 16.7 Å². The minimum atomic E-state index is -0.114. The molecule has 0 spiro atoms. The van der Waals surface area contributed by atoms with Crippen LogP contribution in [0.4, 0.5) is 0 Å². The molecular formula is C18H24N4O2. The predicted molar refractivity (Wildman–Crippen MR) is 90.4 cm³/mol. The molecule has 1 aromatic heterocycles. The van der Waals surface area contributed by atoms with Crippen LogP contribution in [-0.4, -0.2) is 34.5 Å². The lowest BCUT2D eigenvalue weighted by molar-refractivity contribution is -0.120. The largest absolute Gasteiger partial charge is 0.359 e. The predicted octanol–water partition coefficient (Wildman–Crippen LogP) is 2.31. The molecular weight excluding hydrogens is 304 g/mol. The number of carbonyl (C=O) groups excluding carboxylic acids is 1. The minimum absolute atomic E-state index is 0.114. The van der Waals surface area contributed by atoms with Crippen molar-refractivity contribution in [2.75, 3.05) is 13.6 Å². The van der Waals surface area contributed by atoms with Crippen molar-refractivity contribution in [1.29, 1.82) is 0 Å². The molecule has 24 heavy (non-hydrogen) atoms. The van der Waals surface area contributed by atoms with Crippen molar-refractivity contribution in [3.8, 4) is 0 Å². The van der Waals surface area contributed by atoms with Crippen LogP contribution in [0.25, 0.3) is 0 Å². The SMILES string of the molecule is CNC(=O)Cc1noc(CN2CCC[C@H]2c2cc(C)cc(C)c2)n1. The van der Waals surface area contributed by atoms with E-state index in [0.29, 0.717) is 24.3 Å². The summed E-state index contributed by atoms with van der Waals surface area (Å²) >= 11 is 0. The molecule has 0 saturated carbocycles. The average Bonchev–Trinajstić information content (AvgIpc) is 3.16. The van der Waals surface area contributed by atoms with Crippen LogP contribution in [0.3, 0.4) is 0 Å². The lowest BCUT2D eigenvalue weighted by Crippen LogP contribution is -2.23. The monoisotopic (exact) mass is 328 g/mol. The van der Waals surface area contributed by atoms with Crippen LogP contribution < -0.4 is 5.32 Å². The Morgan fingerprint density at radius 1 is 1.33 bits per heavy atom. The molecule has 3 rings (SSSR count). The topological polar surface area (TPSA) is 71.3 Å². The van der Waals surface area contributed by atoms with E-state index in [9.17, 15) is 4.79 Å². The Morgan fingerprint density at radius 2 is 2.08 bits per heavy atom. The Balaban J connectivity index is 1.71. The molecule has 128 valence electrons. The highest BCUT2D eigenvalue weighted by atomic mass is 16.5. The molecule has 1 fully saturated rings. The van der Waals surface area contributed by atoms with Crippen LogP contribution >= 0.6 is 0 Å². The molecule has 6 nitrogen and oxygen atoms in total. The molecule has 1 aliphatic heterocycles. The lowest BCUT2D eigenvalue weighted by Gasteiger charge is -2.23. The van der Waals surface area contributed by atoms with Crippen molar-refractivity contribution in [3.63, 3.8) is 0 Å². The first-order chi connectivity index (χ1) is 11.5. The Kier molecular flexibility index (Phi) is 4.94. The number of nitrogens with one attached hydrogen (secondary N) is 1. The van der Waals surface area contributed by atoms with Crippen LogP contribution in [0.2, 0.25) is 0 Å². The highest BCUT2D eigenvalue weighted by Gasteiger charge is 2.28. The number of likely N-dealkylation sites (tertiary alicyclic amines) is 1. The Hall–Kier alpha value is -2.21. The van der Waals surface area contributed by atoms with Gasteiger partial charge in [0.2, 0.25) is 11.8 Å². The summed E-state index contributed by atoms with van der Waals surface area (Å²) in [7, 11) is 1.60. The van der Waals surface area contributed by atoms with Crippen molar-refractivity contribution in [2.45, 2.75) is 45.7 Å². The molecule has 1 atom stereocenters. The fourth-order valence-electron chi connectivity index (χ4n) is 3.43. The Morgan fingerprint density at radius 3 is 2.79 bits per heavy atom. The highest BCUT2D eigenvalue weighted by Crippen LogP contribution is 2.33. The molecule has 1 amide bonds. The van der Waals surface area contributed by atoms with Gasteiger partial charge in [0, 0.05) is 13.1 Å². The lowest BCUT2D eigenvalue weighted by atomic mass is 9.99. The van der Waals surface area contributed by atoms with Gasteiger partial charge in [0.25, 0.3) is 0 Å². The number of rotatable bonds is 5. The number of hydrogen-bond acceptors (Lipinski definition) is 5. The maximum Gasteiger partial charge on any atom is 0.240 e. The van der Waals surface area contributed by atoms with Crippen molar-refractivity contribution in [3.05, 3.63) is 46.6 Å². The van der Waals surface area contributed by atoms with Crippen LogP contribution in [0, 0.1) is 13.8 Å². The number of nitrogens with zero attached hydrogens (tertiary/aromatic N) is 3. The molecule has 2 heterocycles. The maximum atomic E-state index is 11.4. The van der Waals surface area contributed by atoms with Gasteiger partial charge in [-0.2, -0.15) is 4.98 Å². The van der Waals surface area contributed by atoms with E-state index in [1.54, 1.807) is 7.05 Å². The van der Waals surface area contributed by atoms with Gasteiger partial charge in [0.05, 0.1) is 13.0 Å². The van der Waals surface area contributed by atoms with Gasteiger partial charge in [-0.15, -0.1) is 0 Å². The zero-order valence-electron chi connectivity index (χ0n) is 14.5. The average molecular weight is 328 g/mol. The van der Waals surface area contributed by atoms with Crippen molar-refractivity contribution in [1.82, 2.24) is 20.4 Å². The molecule has 0 bridgehead atoms. The Bertz CT molecular complexity index is 705. The van der Waals surface area contributed by atoms with Crippen molar-refractivity contribution in [2.24, 2.45) is 0 Å². The zero-order valence-corrected chi connectivity index (χ0v) is 14.5. The van der Waals surface area contributed by atoms with E-state index in [-0.39, 0.29) is 12.3 Å². The first-order valence-electron chi connectivity index (χ1n) is 8.39. The molecule has 1 saturated heterocycles. The van der Waals surface area contributed by atoms with E-state index in [2.05, 4.69) is 52.4 Å². The molecule has 0 radical (unpaired) electrons.